The highest BCUT2D eigenvalue weighted by molar-refractivity contribution is 5.89. The van der Waals surface area contributed by atoms with E-state index in [4.69, 9.17) is 10.5 Å². The molecular formula is C13H23NO4. The summed E-state index contributed by atoms with van der Waals surface area (Å²) in [5.74, 6) is -0.627. The van der Waals surface area contributed by atoms with Crippen LogP contribution >= 0.6 is 0 Å². The first-order valence-corrected chi connectivity index (χ1v) is 5.68. The zero-order valence-corrected chi connectivity index (χ0v) is 11.6. The number of carbonyl (C=O) groups excluding carboxylic acids is 2. The van der Waals surface area contributed by atoms with E-state index in [9.17, 15) is 9.59 Å². The Hall–Kier alpha value is -1.62. The molecule has 0 unspecified atom stereocenters. The first kappa shape index (κ1) is 18.7. The SMILES string of the molecule is C=CC(=O)OC.CCC(C(=O)OCCN)=C(C)C. The summed E-state index contributed by atoms with van der Waals surface area (Å²) in [6.07, 6.45) is 1.83. The first-order chi connectivity index (χ1) is 8.44. The Kier molecular flexibility index (Phi) is 12.3. The van der Waals surface area contributed by atoms with Gasteiger partial charge in [-0.1, -0.05) is 19.1 Å². The van der Waals surface area contributed by atoms with Crippen LogP contribution < -0.4 is 5.73 Å². The van der Waals surface area contributed by atoms with E-state index in [2.05, 4.69) is 11.3 Å². The molecule has 0 aliphatic heterocycles. The molecule has 0 saturated heterocycles. The minimum Gasteiger partial charge on any atom is -0.466 e. The fourth-order valence-corrected chi connectivity index (χ4v) is 1.02. The van der Waals surface area contributed by atoms with Crippen molar-refractivity contribution in [2.75, 3.05) is 20.3 Å². The summed E-state index contributed by atoms with van der Waals surface area (Å²) in [5, 5.41) is 0. The second-order valence-electron chi connectivity index (χ2n) is 3.48. The number of nitrogens with two attached hydrogens (primary N) is 1. The maximum atomic E-state index is 11.2. The number of hydrogen-bond donors (Lipinski definition) is 1. The van der Waals surface area contributed by atoms with Gasteiger partial charge in [0.25, 0.3) is 0 Å². The van der Waals surface area contributed by atoms with E-state index < -0.39 is 5.97 Å². The smallest absolute Gasteiger partial charge is 0.333 e. The number of carbonyl (C=O) groups is 2. The summed E-state index contributed by atoms with van der Waals surface area (Å²) < 4.78 is 9.03. The van der Waals surface area contributed by atoms with Crippen molar-refractivity contribution in [3.63, 3.8) is 0 Å². The Morgan fingerprint density at radius 2 is 1.89 bits per heavy atom. The molecule has 0 aliphatic rings. The van der Waals surface area contributed by atoms with Gasteiger partial charge in [0.15, 0.2) is 0 Å². The Balaban J connectivity index is 0. The van der Waals surface area contributed by atoms with Crippen molar-refractivity contribution < 1.29 is 19.1 Å². The molecule has 0 amide bonds. The third-order valence-electron chi connectivity index (χ3n) is 1.92. The minimum absolute atomic E-state index is 0.233. The Bertz CT molecular complexity index is 304. The number of methoxy groups -OCH3 is 1. The molecule has 104 valence electrons. The maximum absolute atomic E-state index is 11.2. The van der Waals surface area contributed by atoms with Crippen molar-refractivity contribution in [1.82, 2.24) is 0 Å². The van der Waals surface area contributed by atoms with Crippen LogP contribution in [0.5, 0.6) is 0 Å². The quantitative estimate of drug-likeness (QED) is 0.597. The molecule has 0 radical (unpaired) electrons. The number of allylic oxidation sites excluding steroid dienone is 1. The molecule has 0 saturated carbocycles. The second-order valence-corrected chi connectivity index (χ2v) is 3.48. The van der Waals surface area contributed by atoms with E-state index in [1.807, 2.05) is 20.8 Å². The molecule has 0 atom stereocenters. The van der Waals surface area contributed by atoms with Gasteiger partial charge in [0.1, 0.15) is 6.61 Å². The van der Waals surface area contributed by atoms with Crippen LogP contribution in [0.2, 0.25) is 0 Å². The van der Waals surface area contributed by atoms with Gasteiger partial charge < -0.3 is 15.2 Å². The maximum Gasteiger partial charge on any atom is 0.333 e. The van der Waals surface area contributed by atoms with Gasteiger partial charge in [-0.25, -0.2) is 9.59 Å². The third-order valence-corrected chi connectivity index (χ3v) is 1.92. The highest BCUT2D eigenvalue weighted by Crippen LogP contribution is 2.09. The molecule has 0 spiro atoms. The summed E-state index contributed by atoms with van der Waals surface area (Å²) in [7, 11) is 1.31. The summed E-state index contributed by atoms with van der Waals surface area (Å²) in [5.41, 5.74) is 6.97. The molecule has 0 heterocycles. The highest BCUT2D eigenvalue weighted by atomic mass is 16.5. The molecule has 0 aromatic heterocycles. The zero-order chi connectivity index (χ0) is 14.6. The highest BCUT2D eigenvalue weighted by Gasteiger charge is 2.09. The van der Waals surface area contributed by atoms with Crippen LogP contribution in [0.1, 0.15) is 27.2 Å². The van der Waals surface area contributed by atoms with E-state index in [0.717, 1.165) is 17.2 Å². The van der Waals surface area contributed by atoms with E-state index in [0.29, 0.717) is 19.6 Å². The van der Waals surface area contributed by atoms with Gasteiger partial charge in [0.05, 0.1) is 7.11 Å². The van der Waals surface area contributed by atoms with Crippen molar-refractivity contribution in [2.24, 2.45) is 5.73 Å². The molecule has 0 aliphatic carbocycles. The fourth-order valence-electron chi connectivity index (χ4n) is 1.02. The third kappa shape index (κ3) is 9.59. The molecular weight excluding hydrogens is 234 g/mol. The summed E-state index contributed by atoms with van der Waals surface area (Å²) in [6.45, 7) is 9.59. The van der Waals surface area contributed by atoms with Crippen LogP contribution in [-0.4, -0.2) is 32.2 Å². The van der Waals surface area contributed by atoms with E-state index in [1.165, 1.54) is 7.11 Å². The molecule has 5 heteroatoms. The second kappa shape index (κ2) is 11.9. The van der Waals surface area contributed by atoms with Gasteiger partial charge in [-0.2, -0.15) is 0 Å². The summed E-state index contributed by atoms with van der Waals surface area (Å²) in [6, 6.07) is 0. The van der Waals surface area contributed by atoms with Crippen LogP contribution in [0.4, 0.5) is 0 Å². The Morgan fingerprint density at radius 3 is 2.11 bits per heavy atom. The lowest BCUT2D eigenvalue weighted by Gasteiger charge is -2.06. The van der Waals surface area contributed by atoms with E-state index in [1.54, 1.807) is 0 Å². The van der Waals surface area contributed by atoms with Crippen molar-refractivity contribution in [2.45, 2.75) is 27.2 Å². The van der Waals surface area contributed by atoms with Crippen LogP contribution in [0.25, 0.3) is 0 Å². The normalized spacial score (nSPS) is 8.50. The molecule has 0 fully saturated rings. The minimum atomic E-state index is -0.394. The average Bonchev–Trinajstić information content (AvgIpc) is 2.36. The Labute approximate surface area is 109 Å². The standard InChI is InChI=1S/C9H17NO2.C4H6O2/c1-4-8(7(2)3)9(11)12-6-5-10;1-3-4(5)6-2/h4-6,10H2,1-3H3;3H,1H2,2H3. The summed E-state index contributed by atoms with van der Waals surface area (Å²) in [4.78, 5) is 21.1. The predicted octanol–water partition coefficient (Wildman–Crippen LogP) is 1.58. The van der Waals surface area contributed by atoms with Gasteiger partial charge in [0, 0.05) is 18.2 Å². The molecule has 18 heavy (non-hydrogen) atoms. The van der Waals surface area contributed by atoms with E-state index >= 15 is 0 Å². The zero-order valence-electron chi connectivity index (χ0n) is 11.6. The molecule has 0 rings (SSSR count). The molecule has 0 bridgehead atoms. The number of rotatable bonds is 5. The van der Waals surface area contributed by atoms with Crippen molar-refractivity contribution in [3.05, 3.63) is 23.8 Å². The van der Waals surface area contributed by atoms with Gasteiger partial charge in [-0.05, 0) is 20.3 Å². The largest absolute Gasteiger partial charge is 0.466 e. The lowest BCUT2D eigenvalue weighted by Crippen LogP contribution is -2.15. The fraction of sp³-hybridized carbons (Fsp3) is 0.538. The number of hydrogen-bond acceptors (Lipinski definition) is 5. The van der Waals surface area contributed by atoms with Crippen molar-refractivity contribution in [3.8, 4) is 0 Å². The van der Waals surface area contributed by atoms with Crippen molar-refractivity contribution >= 4 is 11.9 Å². The van der Waals surface area contributed by atoms with Gasteiger partial charge in [-0.3, -0.25) is 0 Å². The van der Waals surface area contributed by atoms with Gasteiger partial charge >= 0.3 is 11.9 Å². The monoisotopic (exact) mass is 257 g/mol. The molecule has 5 nitrogen and oxygen atoms in total. The van der Waals surface area contributed by atoms with Crippen LogP contribution in [0.15, 0.2) is 23.8 Å². The molecule has 2 N–H and O–H groups in total. The average molecular weight is 257 g/mol. The van der Waals surface area contributed by atoms with Crippen LogP contribution in [-0.2, 0) is 19.1 Å². The molecule has 0 aromatic carbocycles. The van der Waals surface area contributed by atoms with Crippen molar-refractivity contribution in [1.29, 1.82) is 0 Å². The summed E-state index contributed by atoms with van der Waals surface area (Å²) >= 11 is 0. The lowest BCUT2D eigenvalue weighted by molar-refractivity contribution is -0.139. The number of ether oxygens (including phenoxy) is 2. The lowest BCUT2D eigenvalue weighted by atomic mass is 10.1. The number of esters is 2. The van der Waals surface area contributed by atoms with Gasteiger partial charge in [0.2, 0.25) is 0 Å². The molecule has 0 aromatic rings. The topological polar surface area (TPSA) is 78.6 Å². The predicted molar refractivity (Wildman–Crippen MR) is 70.9 cm³/mol. The van der Waals surface area contributed by atoms with Crippen LogP contribution in [0, 0.1) is 0 Å². The Morgan fingerprint density at radius 1 is 1.33 bits per heavy atom. The first-order valence-electron chi connectivity index (χ1n) is 5.68. The van der Waals surface area contributed by atoms with E-state index in [-0.39, 0.29) is 5.97 Å². The van der Waals surface area contributed by atoms with Crippen LogP contribution in [0.3, 0.4) is 0 Å². The van der Waals surface area contributed by atoms with Gasteiger partial charge in [-0.15, -0.1) is 0 Å².